The van der Waals surface area contributed by atoms with Gasteiger partial charge in [0.05, 0.1) is 12.8 Å². The number of carboxylic acid groups (broad SMARTS) is 1. The molecule has 1 heterocycles. The van der Waals surface area contributed by atoms with E-state index in [0.717, 1.165) is 11.3 Å². The highest BCUT2D eigenvalue weighted by atomic mass is 16.4. The van der Waals surface area contributed by atoms with Crippen molar-refractivity contribution in [1.29, 1.82) is 0 Å². The highest BCUT2D eigenvalue weighted by Crippen LogP contribution is 2.10. The van der Waals surface area contributed by atoms with Crippen molar-refractivity contribution in [3.63, 3.8) is 0 Å². The minimum absolute atomic E-state index is 0.381. The Balaban J connectivity index is 2.46. The third kappa shape index (κ3) is 3.30. The summed E-state index contributed by atoms with van der Waals surface area (Å²) in [7, 11) is 1.59. The Morgan fingerprint density at radius 3 is 2.75 bits per heavy atom. The zero-order chi connectivity index (χ0) is 12.1. The van der Waals surface area contributed by atoms with Crippen LogP contribution in [0.15, 0.2) is 16.7 Å². The molecule has 0 atom stereocenters. The van der Waals surface area contributed by atoms with Gasteiger partial charge in [0.15, 0.2) is 0 Å². The van der Waals surface area contributed by atoms with Gasteiger partial charge >= 0.3 is 12.0 Å². The third-order valence-electron chi connectivity index (χ3n) is 2.11. The van der Waals surface area contributed by atoms with Crippen LogP contribution >= 0.6 is 0 Å². The van der Waals surface area contributed by atoms with Gasteiger partial charge in [-0.05, 0) is 13.0 Å². The molecule has 2 amide bonds. The molecule has 0 aliphatic carbocycles. The maximum atomic E-state index is 11.4. The number of nitrogens with zero attached hydrogens (tertiary/aromatic N) is 1. The Morgan fingerprint density at radius 1 is 1.56 bits per heavy atom. The fourth-order valence-corrected chi connectivity index (χ4v) is 1.19. The number of rotatable bonds is 4. The van der Waals surface area contributed by atoms with E-state index in [1.165, 1.54) is 4.90 Å². The highest BCUT2D eigenvalue weighted by Gasteiger charge is 2.11. The second-order valence-electron chi connectivity index (χ2n) is 3.41. The predicted octanol–water partition coefficient (Wildman–Crippen LogP) is 0.814. The van der Waals surface area contributed by atoms with Gasteiger partial charge in [-0.2, -0.15) is 0 Å². The Hall–Kier alpha value is -1.98. The fraction of sp³-hybridized carbons (Fsp3) is 0.400. The minimum Gasteiger partial charge on any atom is -0.480 e. The number of aryl methyl sites for hydroxylation is 1. The second-order valence-corrected chi connectivity index (χ2v) is 3.41. The molecular formula is C10H14N2O4. The van der Waals surface area contributed by atoms with E-state index in [-0.39, 0.29) is 6.54 Å². The van der Waals surface area contributed by atoms with Gasteiger partial charge in [-0.3, -0.25) is 4.79 Å². The number of amides is 2. The van der Waals surface area contributed by atoms with Crippen LogP contribution in [0.4, 0.5) is 4.79 Å². The van der Waals surface area contributed by atoms with Gasteiger partial charge in [-0.1, -0.05) is 0 Å². The molecule has 6 nitrogen and oxygen atoms in total. The highest BCUT2D eigenvalue weighted by molar-refractivity contribution is 5.79. The molecule has 0 aliphatic rings. The van der Waals surface area contributed by atoms with Crippen molar-refractivity contribution in [2.24, 2.45) is 0 Å². The quantitative estimate of drug-likeness (QED) is 0.796. The lowest BCUT2D eigenvalue weighted by Crippen LogP contribution is -2.39. The molecule has 0 unspecified atom stereocenters. The number of urea groups is 1. The molecule has 0 spiro atoms. The molecular weight excluding hydrogens is 212 g/mol. The zero-order valence-corrected chi connectivity index (χ0v) is 9.19. The molecule has 6 heteroatoms. The molecule has 88 valence electrons. The molecule has 1 aromatic heterocycles. The van der Waals surface area contributed by atoms with Crippen LogP contribution in [0, 0.1) is 6.92 Å². The van der Waals surface area contributed by atoms with Gasteiger partial charge in [0, 0.05) is 12.6 Å². The summed E-state index contributed by atoms with van der Waals surface area (Å²) in [6.45, 7) is 1.81. The van der Waals surface area contributed by atoms with E-state index in [1.54, 1.807) is 26.3 Å². The topological polar surface area (TPSA) is 82.8 Å². The normalized spacial score (nSPS) is 9.88. The van der Waals surface area contributed by atoms with Crippen LogP contribution in [0.2, 0.25) is 0 Å². The first-order valence-corrected chi connectivity index (χ1v) is 4.74. The number of hydrogen-bond acceptors (Lipinski definition) is 3. The van der Waals surface area contributed by atoms with E-state index < -0.39 is 12.0 Å². The van der Waals surface area contributed by atoms with Gasteiger partial charge in [0.1, 0.15) is 12.3 Å². The summed E-state index contributed by atoms with van der Waals surface area (Å²) >= 11 is 0. The van der Waals surface area contributed by atoms with Crippen molar-refractivity contribution in [2.45, 2.75) is 13.5 Å². The van der Waals surface area contributed by atoms with E-state index in [9.17, 15) is 9.59 Å². The van der Waals surface area contributed by atoms with Crippen LogP contribution in [0.1, 0.15) is 11.3 Å². The summed E-state index contributed by atoms with van der Waals surface area (Å²) in [5.74, 6) is -0.320. The van der Waals surface area contributed by atoms with Gasteiger partial charge in [-0.25, -0.2) is 4.79 Å². The van der Waals surface area contributed by atoms with Crippen LogP contribution in [0.25, 0.3) is 0 Å². The number of aliphatic carboxylic acids is 1. The Bertz CT molecular complexity index is 386. The second kappa shape index (κ2) is 5.20. The molecule has 16 heavy (non-hydrogen) atoms. The van der Waals surface area contributed by atoms with Crippen LogP contribution in [0.3, 0.4) is 0 Å². The van der Waals surface area contributed by atoms with Gasteiger partial charge < -0.3 is 19.7 Å². The van der Waals surface area contributed by atoms with E-state index in [2.05, 4.69) is 5.32 Å². The maximum Gasteiger partial charge on any atom is 0.323 e. The molecule has 2 N–H and O–H groups in total. The molecule has 1 aromatic rings. The molecule has 0 aromatic carbocycles. The molecule has 0 aliphatic heterocycles. The van der Waals surface area contributed by atoms with Crippen molar-refractivity contribution in [2.75, 3.05) is 13.6 Å². The monoisotopic (exact) mass is 226 g/mol. The average molecular weight is 226 g/mol. The summed E-state index contributed by atoms with van der Waals surface area (Å²) in [5, 5.41) is 10.7. The van der Waals surface area contributed by atoms with Crippen molar-refractivity contribution < 1.29 is 19.1 Å². The molecule has 0 saturated carbocycles. The summed E-state index contributed by atoms with van der Waals surface area (Å²) in [6.07, 6.45) is 1.55. The number of hydrogen-bond donors (Lipinski definition) is 2. The minimum atomic E-state index is -1.07. The lowest BCUT2D eigenvalue weighted by atomic mass is 10.2. The molecule has 0 fully saturated rings. The fourth-order valence-electron chi connectivity index (χ4n) is 1.19. The molecule has 0 bridgehead atoms. The van der Waals surface area contributed by atoms with E-state index in [0.29, 0.717) is 6.54 Å². The maximum absolute atomic E-state index is 11.4. The van der Waals surface area contributed by atoms with Gasteiger partial charge in [0.25, 0.3) is 0 Å². The van der Waals surface area contributed by atoms with E-state index in [4.69, 9.17) is 9.52 Å². The predicted molar refractivity (Wildman–Crippen MR) is 55.9 cm³/mol. The van der Waals surface area contributed by atoms with E-state index >= 15 is 0 Å². The first-order chi connectivity index (χ1) is 7.50. The van der Waals surface area contributed by atoms with Crippen LogP contribution in [-0.2, 0) is 11.3 Å². The van der Waals surface area contributed by atoms with Crippen molar-refractivity contribution in [3.8, 4) is 0 Å². The third-order valence-corrected chi connectivity index (χ3v) is 2.11. The largest absolute Gasteiger partial charge is 0.480 e. The molecule has 1 rings (SSSR count). The first kappa shape index (κ1) is 12.1. The van der Waals surface area contributed by atoms with Crippen molar-refractivity contribution in [3.05, 3.63) is 23.7 Å². The lowest BCUT2D eigenvalue weighted by molar-refractivity contribution is -0.135. The average Bonchev–Trinajstić information content (AvgIpc) is 2.60. The SMILES string of the molecule is Cc1occc1CN(C)C(=O)NCC(=O)O. The number of carbonyl (C=O) groups is 2. The van der Waals surface area contributed by atoms with Crippen molar-refractivity contribution in [1.82, 2.24) is 10.2 Å². The standard InChI is InChI=1S/C10H14N2O4/c1-7-8(3-4-16-7)6-12(2)10(15)11-5-9(13)14/h3-4H,5-6H2,1-2H3,(H,11,15)(H,13,14). The number of furan rings is 1. The number of nitrogens with one attached hydrogen (secondary N) is 1. The zero-order valence-electron chi connectivity index (χ0n) is 9.19. The van der Waals surface area contributed by atoms with Crippen LogP contribution in [0.5, 0.6) is 0 Å². The summed E-state index contributed by atoms with van der Waals surface area (Å²) in [4.78, 5) is 23.0. The van der Waals surface area contributed by atoms with E-state index in [1.807, 2.05) is 0 Å². The van der Waals surface area contributed by atoms with Crippen LogP contribution in [-0.4, -0.2) is 35.6 Å². The van der Waals surface area contributed by atoms with Crippen LogP contribution < -0.4 is 5.32 Å². The lowest BCUT2D eigenvalue weighted by Gasteiger charge is -2.16. The number of carbonyl (C=O) groups excluding carboxylic acids is 1. The smallest absolute Gasteiger partial charge is 0.323 e. The molecule has 0 radical (unpaired) electrons. The Morgan fingerprint density at radius 2 is 2.25 bits per heavy atom. The molecule has 0 saturated heterocycles. The Labute approximate surface area is 92.8 Å². The first-order valence-electron chi connectivity index (χ1n) is 4.74. The summed E-state index contributed by atoms with van der Waals surface area (Å²) in [6, 6.07) is 1.35. The Kier molecular flexibility index (Phi) is 3.93. The number of carboxylic acids is 1. The van der Waals surface area contributed by atoms with Gasteiger partial charge in [0.2, 0.25) is 0 Å². The summed E-state index contributed by atoms with van der Waals surface area (Å²) in [5.41, 5.74) is 0.896. The van der Waals surface area contributed by atoms with Gasteiger partial charge in [-0.15, -0.1) is 0 Å². The van der Waals surface area contributed by atoms with Crippen molar-refractivity contribution >= 4 is 12.0 Å². The summed E-state index contributed by atoms with van der Waals surface area (Å²) < 4.78 is 5.09.